The summed E-state index contributed by atoms with van der Waals surface area (Å²) in [6, 6.07) is 30.8. The average molecular weight is 600 g/mol. The molecular formula is C36H41NO5S. The number of ketones is 1. The summed E-state index contributed by atoms with van der Waals surface area (Å²) >= 11 is 1.40. The number of thiophene rings is 1. The van der Waals surface area contributed by atoms with Crippen molar-refractivity contribution in [3.63, 3.8) is 0 Å². The maximum atomic E-state index is 12.3. The van der Waals surface area contributed by atoms with Crippen LogP contribution in [0.15, 0.2) is 102 Å². The molecule has 0 spiro atoms. The lowest BCUT2D eigenvalue weighted by Crippen LogP contribution is -2.44. The van der Waals surface area contributed by atoms with E-state index in [1.807, 2.05) is 54.8 Å². The number of carboxylic acids is 1. The van der Waals surface area contributed by atoms with Crippen LogP contribution in [0, 0.1) is 5.92 Å². The minimum absolute atomic E-state index is 0.0282. The van der Waals surface area contributed by atoms with Gasteiger partial charge in [-0.2, -0.15) is 0 Å². The highest BCUT2D eigenvalue weighted by molar-refractivity contribution is 7.12. The van der Waals surface area contributed by atoms with E-state index in [2.05, 4.69) is 50.2 Å². The number of nitrogens with zero attached hydrogens (tertiary/aromatic N) is 1. The van der Waals surface area contributed by atoms with E-state index in [-0.39, 0.29) is 17.7 Å². The zero-order valence-corrected chi connectivity index (χ0v) is 26.3. The molecule has 43 heavy (non-hydrogen) atoms. The van der Waals surface area contributed by atoms with Crippen molar-refractivity contribution in [1.82, 2.24) is 4.90 Å². The third kappa shape index (κ3) is 9.21. The largest absolute Gasteiger partial charge is 0.481 e. The summed E-state index contributed by atoms with van der Waals surface area (Å²) in [6.45, 7) is 6.47. The summed E-state index contributed by atoms with van der Waals surface area (Å²) in [5.74, 6) is -1.48. The van der Waals surface area contributed by atoms with Crippen LogP contribution in [0.5, 0.6) is 0 Å². The SMILES string of the molecule is CC(C(=O)O)c1ccc(C(=O)c2cccs2)cc1.CCC(=O)OC(Cc1ccccc1)(c1ccccc1)C(C)CN(C)C. The lowest BCUT2D eigenvalue weighted by molar-refractivity contribution is -0.168. The molecule has 226 valence electrons. The summed E-state index contributed by atoms with van der Waals surface area (Å²) in [5, 5.41) is 10.8. The zero-order chi connectivity index (χ0) is 31.4. The first-order valence-corrected chi connectivity index (χ1v) is 15.3. The summed E-state index contributed by atoms with van der Waals surface area (Å²) in [4.78, 5) is 38.0. The van der Waals surface area contributed by atoms with Crippen LogP contribution in [-0.4, -0.2) is 48.4 Å². The van der Waals surface area contributed by atoms with Gasteiger partial charge >= 0.3 is 11.9 Å². The van der Waals surface area contributed by atoms with E-state index in [1.54, 1.807) is 37.3 Å². The number of ether oxygens (including phenoxy) is 1. The highest BCUT2D eigenvalue weighted by Gasteiger charge is 2.42. The minimum Gasteiger partial charge on any atom is -0.481 e. The maximum absolute atomic E-state index is 12.3. The van der Waals surface area contributed by atoms with Crippen LogP contribution in [0.4, 0.5) is 0 Å². The number of rotatable bonds is 12. The molecule has 4 aromatic rings. The van der Waals surface area contributed by atoms with Crippen molar-refractivity contribution in [3.05, 3.63) is 130 Å². The standard InChI is InChI=1S/C22H29NO2.C14H12O3S/c1-5-21(24)25-22(18(2)17-23(3)4,20-14-10-7-11-15-20)16-19-12-8-6-9-13-19;1-9(14(16)17)10-4-6-11(7-5-10)13(15)12-3-2-8-18-12/h6-15,18H,5,16-17H2,1-4H3;2-9H,1H3,(H,16,17). The number of carbonyl (C=O) groups is 3. The monoisotopic (exact) mass is 599 g/mol. The first kappa shape index (κ1) is 33.4. The van der Waals surface area contributed by atoms with Crippen LogP contribution < -0.4 is 0 Å². The van der Waals surface area contributed by atoms with Crippen molar-refractivity contribution in [2.45, 2.75) is 45.1 Å². The van der Waals surface area contributed by atoms with Gasteiger partial charge in [0.05, 0.1) is 10.8 Å². The molecule has 3 atom stereocenters. The molecule has 0 aliphatic rings. The molecule has 0 aliphatic heterocycles. The van der Waals surface area contributed by atoms with Gasteiger partial charge in [-0.1, -0.05) is 105 Å². The smallest absolute Gasteiger partial charge is 0.310 e. The lowest BCUT2D eigenvalue weighted by Gasteiger charge is -2.40. The molecule has 3 unspecified atom stereocenters. The second-order valence-electron chi connectivity index (χ2n) is 10.9. The van der Waals surface area contributed by atoms with Gasteiger partial charge in [0.1, 0.15) is 5.60 Å². The molecule has 1 N–H and O–H groups in total. The molecule has 1 aromatic heterocycles. The Bertz CT molecular complexity index is 1440. The number of aliphatic carboxylic acids is 1. The van der Waals surface area contributed by atoms with Crippen LogP contribution in [0.25, 0.3) is 0 Å². The predicted molar refractivity (Wildman–Crippen MR) is 173 cm³/mol. The number of carboxylic acid groups (broad SMARTS) is 1. The average Bonchev–Trinajstić information content (AvgIpc) is 3.56. The topological polar surface area (TPSA) is 83.9 Å². The molecule has 0 fully saturated rings. The van der Waals surface area contributed by atoms with Crippen LogP contribution in [-0.2, 0) is 26.3 Å². The molecule has 0 saturated carbocycles. The van der Waals surface area contributed by atoms with Crippen molar-refractivity contribution in [2.75, 3.05) is 20.6 Å². The Morgan fingerprint density at radius 3 is 1.98 bits per heavy atom. The molecule has 0 aliphatic carbocycles. The van der Waals surface area contributed by atoms with Gasteiger partial charge in [-0.25, -0.2) is 0 Å². The molecule has 0 amide bonds. The summed E-state index contributed by atoms with van der Waals surface area (Å²) in [6.07, 6.45) is 1.04. The Labute approximate surface area is 259 Å². The van der Waals surface area contributed by atoms with Gasteiger partial charge in [0, 0.05) is 30.9 Å². The number of hydrogen-bond acceptors (Lipinski definition) is 6. The van der Waals surface area contributed by atoms with E-state index in [4.69, 9.17) is 9.84 Å². The van der Waals surface area contributed by atoms with Crippen molar-refractivity contribution >= 4 is 29.1 Å². The molecule has 7 heteroatoms. The Balaban J connectivity index is 0.000000248. The van der Waals surface area contributed by atoms with Gasteiger partial charge in [0.25, 0.3) is 0 Å². The lowest BCUT2D eigenvalue weighted by atomic mass is 9.77. The maximum Gasteiger partial charge on any atom is 0.310 e. The first-order valence-electron chi connectivity index (χ1n) is 14.4. The third-order valence-electron chi connectivity index (χ3n) is 7.38. The fourth-order valence-electron chi connectivity index (χ4n) is 4.96. The Morgan fingerprint density at radius 2 is 1.47 bits per heavy atom. The second-order valence-corrected chi connectivity index (χ2v) is 11.8. The van der Waals surface area contributed by atoms with Crippen molar-refractivity contribution < 1.29 is 24.2 Å². The number of carbonyl (C=O) groups excluding carboxylic acids is 2. The van der Waals surface area contributed by atoms with E-state index in [0.717, 1.165) is 12.1 Å². The van der Waals surface area contributed by atoms with Crippen molar-refractivity contribution in [1.29, 1.82) is 0 Å². The number of hydrogen-bond donors (Lipinski definition) is 1. The summed E-state index contributed by atoms with van der Waals surface area (Å²) < 4.78 is 6.17. The van der Waals surface area contributed by atoms with E-state index in [0.29, 0.717) is 28.8 Å². The minimum atomic E-state index is -0.868. The quantitative estimate of drug-likeness (QED) is 0.135. The molecule has 0 radical (unpaired) electrons. The van der Waals surface area contributed by atoms with Gasteiger partial charge in [0.2, 0.25) is 5.78 Å². The molecule has 0 saturated heterocycles. The van der Waals surface area contributed by atoms with Crippen LogP contribution in [0.3, 0.4) is 0 Å². The van der Waals surface area contributed by atoms with Crippen LogP contribution >= 0.6 is 11.3 Å². The van der Waals surface area contributed by atoms with Crippen LogP contribution in [0.1, 0.15) is 65.0 Å². The van der Waals surface area contributed by atoms with E-state index < -0.39 is 17.5 Å². The van der Waals surface area contributed by atoms with E-state index in [1.165, 1.54) is 16.9 Å². The van der Waals surface area contributed by atoms with Gasteiger partial charge in [-0.05, 0) is 49.2 Å². The number of benzene rings is 3. The van der Waals surface area contributed by atoms with Gasteiger partial charge in [-0.15, -0.1) is 11.3 Å². The zero-order valence-electron chi connectivity index (χ0n) is 25.5. The third-order valence-corrected chi connectivity index (χ3v) is 8.25. The molecule has 3 aromatic carbocycles. The fourth-order valence-corrected chi connectivity index (χ4v) is 5.65. The molecule has 6 nitrogen and oxygen atoms in total. The van der Waals surface area contributed by atoms with Gasteiger partial charge < -0.3 is 14.7 Å². The highest BCUT2D eigenvalue weighted by atomic mass is 32.1. The molecule has 1 heterocycles. The normalized spacial score (nSPS) is 13.6. The number of esters is 1. The summed E-state index contributed by atoms with van der Waals surface area (Å²) in [7, 11) is 4.10. The van der Waals surface area contributed by atoms with Gasteiger partial charge in [0.15, 0.2) is 0 Å². The summed E-state index contributed by atoms with van der Waals surface area (Å²) in [5.41, 5.74) is 2.82. The Morgan fingerprint density at radius 1 is 0.860 bits per heavy atom. The van der Waals surface area contributed by atoms with E-state index >= 15 is 0 Å². The Hall–Kier alpha value is -4.07. The first-order chi connectivity index (χ1) is 20.6. The predicted octanol–water partition coefficient (Wildman–Crippen LogP) is 7.44. The molecule has 0 bridgehead atoms. The van der Waals surface area contributed by atoms with Crippen molar-refractivity contribution in [3.8, 4) is 0 Å². The van der Waals surface area contributed by atoms with Crippen molar-refractivity contribution in [2.24, 2.45) is 5.92 Å². The van der Waals surface area contributed by atoms with E-state index in [9.17, 15) is 14.4 Å². The second kappa shape index (κ2) is 16.0. The fraction of sp³-hybridized carbons (Fsp3) is 0.306. The Kier molecular flexibility index (Phi) is 12.4. The van der Waals surface area contributed by atoms with Crippen LogP contribution in [0.2, 0.25) is 0 Å². The van der Waals surface area contributed by atoms with Gasteiger partial charge in [-0.3, -0.25) is 14.4 Å². The highest BCUT2D eigenvalue weighted by Crippen LogP contribution is 2.38. The molecular weight excluding hydrogens is 558 g/mol. The molecule has 4 rings (SSSR count).